The Labute approximate surface area is 141 Å². The van der Waals surface area contributed by atoms with E-state index in [-0.39, 0.29) is 6.16 Å². The molecule has 2 aromatic heterocycles. The summed E-state index contributed by atoms with van der Waals surface area (Å²) in [6.45, 7) is 1.69. The maximum atomic E-state index is 11.0. The van der Waals surface area contributed by atoms with Gasteiger partial charge in [-0.25, -0.2) is 9.97 Å². The second-order valence-corrected chi connectivity index (χ2v) is 7.89. The zero-order chi connectivity index (χ0) is 17.0. The van der Waals surface area contributed by atoms with Gasteiger partial charge in [0.2, 0.25) is 0 Å². The van der Waals surface area contributed by atoms with Gasteiger partial charge in [-0.15, -0.1) is 0 Å². The van der Waals surface area contributed by atoms with E-state index in [9.17, 15) is 4.57 Å². The Bertz CT molecular complexity index is 714. The van der Waals surface area contributed by atoms with Gasteiger partial charge in [-0.2, -0.15) is 0 Å². The molecule has 1 fully saturated rings. The largest absolute Gasteiger partial charge is 0.356 e. The fourth-order valence-corrected chi connectivity index (χ4v) is 3.70. The average Bonchev–Trinajstić information content (AvgIpc) is 2.61. The second-order valence-electron chi connectivity index (χ2n) is 6.11. The summed E-state index contributed by atoms with van der Waals surface area (Å²) in [6, 6.07) is 5.81. The Morgan fingerprint density at radius 2 is 2.04 bits per heavy atom. The molecule has 0 unspecified atom stereocenters. The maximum absolute atomic E-state index is 11.0. The quantitative estimate of drug-likeness (QED) is 0.800. The van der Waals surface area contributed by atoms with E-state index < -0.39 is 7.60 Å². The van der Waals surface area contributed by atoms with Crippen molar-refractivity contribution in [1.29, 1.82) is 0 Å². The summed E-state index contributed by atoms with van der Waals surface area (Å²) in [7, 11) is -3.89. The highest BCUT2D eigenvalue weighted by Crippen LogP contribution is 2.38. The molecule has 24 heavy (non-hydrogen) atoms. The number of piperidine rings is 1. The van der Waals surface area contributed by atoms with Gasteiger partial charge in [-0.3, -0.25) is 9.55 Å². The van der Waals surface area contributed by atoms with Crippen LogP contribution < -0.4 is 4.90 Å². The van der Waals surface area contributed by atoms with E-state index in [4.69, 9.17) is 9.79 Å². The van der Waals surface area contributed by atoms with Gasteiger partial charge in [-0.05, 0) is 37.3 Å². The molecule has 1 aliphatic rings. The van der Waals surface area contributed by atoms with Crippen molar-refractivity contribution in [2.45, 2.75) is 19.3 Å². The Balaban J connectivity index is 1.62. The van der Waals surface area contributed by atoms with Crippen molar-refractivity contribution in [2.24, 2.45) is 5.92 Å². The molecule has 0 radical (unpaired) electrons. The van der Waals surface area contributed by atoms with E-state index in [1.54, 1.807) is 18.7 Å². The molecule has 7 nitrogen and oxygen atoms in total. The Hall–Kier alpha value is -1.82. The lowest BCUT2D eigenvalue weighted by Gasteiger charge is -2.32. The van der Waals surface area contributed by atoms with Gasteiger partial charge in [0.05, 0.1) is 11.9 Å². The van der Waals surface area contributed by atoms with Crippen molar-refractivity contribution in [3.8, 4) is 11.3 Å². The third-order valence-corrected chi connectivity index (χ3v) is 5.22. The summed E-state index contributed by atoms with van der Waals surface area (Å²) in [4.78, 5) is 33.0. The molecule has 0 amide bonds. The van der Waals surface area contributed by atoms with Gasteiger partial charge in [0.15, 0.2) is 0 Å². The highest BCUT2D eigenvalue weighted by Gasteiger charge is 2.23. The van der Waals surface area contributed by atoms with Gasteiger partial charge in [0.1, 0.15) is 12.1 Å². The van der Waals surface area contributed by atoms with Crippen molar-refractivity contribution in [3.63, 3.8) is 0 Å². The van der Waals surface area contributed by atoms with E-state index in [1.807, 2.05) is 18.2 Å². The molecule has 1 saturated heterocycles. The standard InChI is InChI=1S/C16H21N4O3P/c21-24(22,23)9-5-13-3-7-20(8-4-13)16-10-15(18-12-19-16)14-2-1-6-17-11-14/h1-2,6,10-13H,3-5,7-9H2,(H2,21,22,23). The minimum atomic E-state index is -3.89. The summed E-state index contributed by atoms with van der Waals surface area (Å²) < 4.78 is 11.0. The van der Waals surface area contributed by atoms with Crippen LogP contribution in [0.25, 0.3) is 11.3 Å². The van der Waals surface area contributed by atoms with Crippen molar-refractivity contribution < 1.29 is 14.4 Å². The predicted octanol–water partition coefficient (Wildman–Crippen LogP) is 2.32. The lowest BCUT2D eigenvalue weighted by molar-refractivity contribution is 0.350. The fraction of sp³-hybridized carbons (Fsp3) is 0.438. The zero-order valence-electron chi connectivity index (χ0n) is 13.3. The van der Waals surface area contributed by atoms with E-state index in [0.29, 0.717) is 12.3 Å². The summed E-state index contributed by atoms with van der Waals surface area (Å²) in [6.07, 6.45) is 7.49. The number of hydrogen-bond acceptors (Lipinski definition) is 5. The number of aromatic nitrogens is 3. The molecule has 0 spiro atoms. The smallest absolute Gasteiger partial charge is 0.325 e. The molecule has 1 aliphatic heterocycles. The summed E-state index contributed by atoms with van der Waals surface area (Å²) in [5.74, 6) is 1.26. The normalized spacial score (nSPS) is 16.3. The van der Waals surface area contributed by atoms with Crippen LogP contribution in [0.1, 0.15) is 19.3 Å². The van der Waals surface area contributed by atoms with E-state index in [0.717, 1.165) is 43.0 Å². The van der Waals surface area contributed by atoms with Gasteiger partial charge in [-0.1, -0.05) is 0 Å². The first kappa shape index (κ1) is 17.0. The second kappa shape index (κ2) is 7.38. The number of pyridine rings is 1. The number of anilines is 1. The molecule has 0 aromatic carbocycles. The molecule has 0 atom stereocenters. The number of nitrogens with zero attached hydrogens (tertiary/aromatic N) is 4. The van der Waals surface area contributed by atoms with Gasteiger partial charge >= 0.3 is 7.60 Å². The topological polar surface area (TPSA) is 99.4 Å². The van der Waals surface area contributed by atoms with Crippen LogP contribution in [0.4, 0.5) is 5.82 Å². The van der Waals surface area contributed by atoms with Crippen LogP contribution in [-0.2, 0) is 4.57 Å². The monoisotopic (exact) mass is 348 g/mol. The van der Waals surface area contributed by atoms with Crippen molar-refractivity contribution in [1.82, 2.24) is 15.0 Å². The molecule has 8 heteroatoms. The van der Waals surface area contributed by atoms with Crippen molar-refractivity contribution >= 4 is 13.4 Å². The maximum Gasteiger partial charge on any atom is 0.325 e. The summed E-state index contributed by atoms with van der Waals surface area (Å²) in [5, 5.41) is 0. The van der Waals surface area contributed by atoms with Crippen LogP contribution in [0.2, 0.25) is 0 Å². The molecule has 3 rings (SSSR count). The van der Waals surface area contributed by atoms with E-state index >= 15 is 0 Å². The van der Waals surface area contributed by atoms with Gasteiger partial charge in [0.25, 0.3) is 0 Å². The highest BCUT2D eigenvalue weighted by molar-refractivity contribution is 7.51. The molecule has 3 heterocycles. The number of rotatable bonds is 5. The van der Waals surface area contributed by atoms with Gasteiger partial charge < -0.3 is 14.7 Å². The SMILES string of the molecule is O=P(O)(O)CCC1CCN(c2cc(-c3cccnc3)ncn2)CC1. The van der Waals surface area contributed by atoms with Crippen LogP contribution in [-0.4, -0.2) is 44.0 Å². The van der Waals surface area contributed by atoms with E-state index in [2.05, 4.69) is 19.9 Å². The number of hydrogen-bond donors (Lipinski definition) is 2. The molecule has 0 saturated carbocycles. The lowest BCUT2D eigenvalue weighted by atomic mass is 9.94. The van der Waals surface area contributed by atoms with E-state index in [1.165, 1.54) is 0 Å². The predicted molar refractivity (Wildman–Crippen MR) is 91.7 cm³/mol. The molecule has 128 valence electrons. The van der Waals surface area contributed by atoms with Crippen molar-refractivity contribution in [3.05, 3.63) is 36.9 Å². The molecular formula is C16H21N4O3P. The molecule has 2 N–H and O–H groups in total. The minimum absolute atomic E-state index is 0.0175. The van der Waals surface area contributed by atoms with Crippen LogP contribution in [0.15, 0.2) is 36.9 Å². The van der Waals surface area contributed by atoms with Crippen molar-refractivity contribution in [2.75, 3.05) is 24.2 Å². The van der Waals surface area contributed by atoms with Crippen LogP contribution in [0.3, 0.4) is 0 Å². The average molecular weight is 348 g/mol. The Morgan fingerprint density at radius 1 is 1.25 bits per heavy atom. The third-order valence-electron chi connectivity index (χ3n) is 4.38. The Kier molecular flexibility index (Phi) is 5.23. The first-order valence-corrected chi connectivity index (χ1v) is 9.83. The minimum Gasteiger partial charge on any atom is -0.356 e. The van der Waals surface area contributed by atoms with Crippen LogP contribution >= 0.6 is 7.60 Å². The summed E-state index contributed by atoms with van der Waals surface area (Å²) >= 11 is 0. The van der Waals surface area contributed by atoms with Crippen LogP contribution in [0, 0.1) is 5.92 Å². The van der Waals surface area contributed by atoms with Gasteiger partial charge in [0, 0.05) is 37.1 Å². The fourth-order valence-electron chi connectivity index (χ4n) is 2.99. The lowest BCUT2D eigenvalue weighted by Crippen LogP contribution is -2.34. The Morgan fingerprint density at radius 3 is 2.71 bits per heavy atom. The highest BCUT2D eigenvalue weighted by atomic mass is 31.2. The molecule has 0 aliphatic carbocycles. The first-order chi connectivity index (χ1) is 11.5. The molecule has 2 aromatic rings. The van der Waals surface area contributed by atoms with Crippen LogP contribution in [0.5, 0.6) is 0 Å². The zero-order valence-corrected chi connectivity index (χ0v) is 14.2. The molecule has 0 bridgehead atoms. The molecular weight excluding hydrogens is 327 g/mol. The first-order valence-electron chi connectivity index (χ1n) is 8.03. The third kappa shape index (κ3) is 4.60. The summed E-state index contributed by atoms with van der Waals surface area (Å²) in [5.41, 5.74) is 1.80.